The number of carbonyl (C=O) groups excluding carboxylic acids is 1. The Morgan fingerprint density at radius 2 is 1.22 bits per heavy atom. The van der Waals surface area contributed by atoms with Crippen molar-refractivity contribution in [2.24, 2.45) is 5.41 Å². The van der Waals surface area contributed by atoms with Gasteiger partial charge in [0, 0.05) is 0 Å². The summed E-state index contributed by atoms with van der Waals surface area (Å²) in [6, 6.07) is 0.0850. The quantitative estimate of drug-likeness (QED) is 0.104. The van der Waals surface area contributed by atoms with E-state index in [0.717, 1.165) is 32.3 Å². The molecule has 1 N–H and O–H groups in total. The summed E-state index contributed by atoms with van der Waals surface area (Å²) in [6.45, 7) is 14.1. The summed E-state index contributed by atoms with van der Waals surface area (Å²) in [5, 5.41) is 5.97. The van der Waals surface area contributed by atoms with Crippen molar-refractivity contribution in [1.29, 1.82) is 0 Å². The smallest absolute Gasteiger partial charge is 0.0654 e. The van der Waals surface area contributed by atoms with Crippen LogP contribution in [0.25, 0.3) is 0 Å². The van der Waals surface area contributed by atoms with Gasteiger partial charge in [-0.25, -0.2) is 0 Å². The minimum atomic E-state index is -0.301. The molecule has 0 spiro atoms. The molecule has 216 valence electrons. The molecule has 36 heavy (non-hydrogen) atoms. The van der Waals surface area contributed by atoms with Crippen LogP contribution in [0.5, 0.6) is 0 Å². The topological polar surface area (TPSA) is 38.3 Å². The van der Waals surface area contributed by atoms with Crippen LogP contribution < -0.4 is 5.32 Å². The van der Waals surface area contributed by atoms with E-state index < -0.39 is 0 Å². The summed E-state index contributed by atoms with van der Waals surface area (Å²) in [4.78, 5) is 13.2. The van der Waals surface area contributed by atoms with E-state index in [2.05, 4.69) is 46.9 Å². The molecule has 1 amide bonds. The van der Waals surface area contributed by atoms with Crippen LogP contribution in [0.15, 0.2) is 0 Å². The minimum Gasteiger partial charge on any atom is -0.0654 e. The second-order valence-electron chi connectivity index (χ2n) is 11.7. The van der Waals surface area contributed by atoms with Crippen molar-refractivity contribution in [3.63, 3.8) is 0 Å². The molecule has 0 radical (unpaired) electrons. The summed E-state index contributed by atoms with van der Waals surface area (Å²) in [6.07, 6.45) is 24.6. The van der Waals surface area contributed by atoms with Gasteiger partial charge in [0.2, 0.25) is 0 Å². The number of nitrogens with one attached hydrogen (secondary N) is 1. The molecule has 0 fully saturated rings. The van der Waals surface area contributed by atoms with Gasteiger partial charge in [-0.2, -0.15) is 0 Å². The van der Waals surface area contributed by atoms with Gasteiger partial charge in [-0.15, -0.1) is 0 Å². The zero-order valence-electron chi connectivity index (χ0n) is 25.4. The number of carbonyl (C=O) groups is 1. The van der Waals surface area contributed by atoms with E-state index in [9.17, 15) is 4.79 Å². The Balaban J connectivity index is 4.37. The molecule has 0 aliphatic heterocycles. The van der Waals surface area contributed by atoms with Gasteiger partial charge in [0.15, 0.2) is 0 Å². The standard InChI is InChI=1S/C29H58NO2.C3H7.Cr/c1-7-10-12-14-16-18-20-22-24-29(5,6)28(31)30-26(4)27(9-3)32-25-23-21-19-17-15-13-11-8-2;1-3-2;/h26-27H,3,7-25H2,1-2,4-6H3,(H,30,31);1,3H2,2H3;. The second kappa shape index (κ2) is 25.3. The molecule has 0 rings (SSSR count). The predicted octanol–water partition coefficient (Wildman–Crippen LogP) is 10.3. The number of unbranched alkanes of at least 4 members (excludes halogenated alkanes) is 14. The normalized spacial score (nSPS) is 13.6. The van der Waals surface area contributed by atoms with Gasteiger partial charge >= 0.3 is 188 Å². The molecule has 0 saturated carbocycles. The van der Waals surface area contributed by atoms with Crippen molar-refractivity contribution in [2.75, 3.05) is 6.61 Å². The molecule has 0 aromatic carbocycles. The molecule has 0 aromatic rings. The monoisotopic (exact) mass is 547 g/mol. The van der Waals surface area contributed by atoms with Crippen LogP contribution >= 0.6 is 0 Å². The average molecular weight is 548 g/mol. The maximum absolute atomic E-state index is 13.2. The first-order valence-electron chi connectivity index (χ1n) is 15.9. The van der Waals surface area contributed by atoms with Gasteiger partial charge in [-0.05, 0) is 0 Å². The molecule has 0 aromatic heterocycles. The van der Waals surface area contributed by atoms with Crippen molar-refractivity contribution in [3.05, 3.63) is 0 Å². The van der Waals surface area contributed by atoms with Crippen molar-refractivity contribution >= 4 is 5.91 Å². The summed E-state index contributed by atoms with van der Waals surface area (Å²) < 4.78 is 6.39. The van der Waals surface area contributed by atoms with Crippen molar-refractivity contribution in [2.45, 2.75) is 186 Å². The molecular weight excluding hydrogens is 482 g/mol. The van der Waals surface area contributed by atoms with Gasteiger partial charge in [0.05, 0.1) is 0 Å². The SMILES string of the molecule is CCCCCCCCCCOC(C[CH2][Cr][CH2]CC)C(C)NC(=O)C(C)(C)CCCCCCCCCC. The number of hydrogen-bond acceptors (Lipinski definition) is 2. The Morgan fingerprint density at radius 1 is 0.722 bits per heavy atom. The van der Waals surface area contributed by atoms with E-state index in [4.69, 9.17) is 4.74 Å². The van der Waals surface area contributed by atoms with Crippen molar-refractivity contribution in [1.82, 2.24) is 5.32 Å². The van der Waals surface area contributed by atoms with Gasteiger partial charge < -0.3 is 0 Å². The Labute approximate surface area is 233 Å². The van der Waals surface area contributed by atoms with Crippen molar-refractivity contribution < 1.29 is 24.8 Å². The zero-order chi connectivity index (χ0) is 26.9. The predicted molar refractivity (Wildman–Crippen MR) is 155 cm³/mol. The molecule has 0 aliphatic rings. The van der Waals surface area contributed by atoms with E-state index in [-0.39, 0.29) is 23.5 Å². The first-order chi connectivity index (χ1) is 17.4. The average Bonchev–Trinajstić information content (AvgIpc) is 2.85. The Hall–Kier alpha value is -0.0375. The zero-order valence-corrected chi connectivity index (χ0v) is 26.7. The van der Waals surface area contributed by atoms with Gasteiger partial charge in [0.1, 0.15) is 0 Å². The van der Waals surface area contributed by atoms with E-state index in [1.807, 2.05) is 0 Å². The second-order valence-corrected chi connectivity index (χ2v) is 13.6. The molecule has 0 aliphatic carbocycles. The van der Waals surface area contributed by atoms with E-state index >= 15 is 0 Å². The van der Waals surface area contributed by atoms with Crippen LogP contribution in [0.4, 0.5) is 0 Å². The van der Waals surface area contributed by atoms with Crippen LogP contribution in [-0.2, 0) is 24.8 Å². The van der Waals surface area contributed by atoms with Gasteiger partial charge in [-0.3, -0.25) is 0 Å². The number of amides is 1. The Bertz CT molecular complexity index is 483. The van der Waals surface area contributed by atoms with E-state index in [1.165, 1.54) is 107 Å². The third-order valence-electron chi connectivity index (χ3n) is 7.41. The molecule has 0 saturated heterocycles. The van der Waals surface area contributed by atoms with Crippen LogP contribution in [0.3, 0.4) is 0 Å². The van der Waals surface area contributed by atoms with Crippen LogP contribution in [-0.4, -0.2) is 24.7 Å². The molecular formula is C32H65CrNO2. The number of ether oxygens (including phenoxy) is 1. The first-order valence-corrected chi connectivity index (χ1v) is 17.7. The maximum atomic E-state index is 13.2. The molecule has 2 unspecified atom stereocenters. The van der Waals surface area contributed by atoms with Crippen molar-refractivity contribution in [3.8, 4) is 0 Å². The fourth-order valence-corrected chi connectivity index (χ4v) is 6.10. The van der Waals surface area contributed by atoms with Crippen LogP contribution in [0.1, 0.15) is 164 Å². The summed E-state index contributed by atoms with van der Waals surface area (Å²) >= 11 is 0.703. The molecule has 2 atom stereocenters. The molecule has 3 nitrogen and oxygen atoms in total. The summed E-state index contributed by atoms with van der Waals surface area (Å²) in [5.74, 6) is 0.206. The molecule has 4 heteroatoms. The van der Waals surface area contributed by atoms with Crippen LogP contribution in [0.2, 0.25) is 10.6 Å². The Morgan fingerprint density at radius 3 is 1.75 bits per heavy atom. The molecule has 0 heterocycles. The van der Waals surface area contributed by atoms with E-state index in [0.29, 0.717) is 15.2 Å². The number of hydrogen-bond donors (Lipinski definition) is 1. The van der Waals surface area contributed by atoms with Crippen LogP contribution in [0, 0.1) is 5.41 Å². The van der Waals surface area contributed by atoms with Gasteiger partial charge in [0.25, 0.3) is 0 Å². The fraction of sp³-hybridized carbons (Fsp3) is 0.969. The molecule has 0 bridgehead atoms. The number of rotatable bonds is 27. The van der Waals surface area contributed by atoms with E-state index in [1.54, 1.807) is 0 Å². The Kier molecular flexibility index (Phi) is 25.2. The van der Waals surface area contributed by atoms with Gasteiger partial charge in [-0.1, -0.05) is 46.0 Å². The summed E-state index contributed by atoms with van der Waals surface area (Å²) in [5.41, 5.74) is -0.301. The minimum absolute atomic E-state index is 0.0850. The third kappa shape index (κ3) is 21.0. The summed E-state index contributed by atoms with van der Waals surface area (Å²) in [7, 11) is 0. The fourth-order valence-electron chi connectivity index (χ4n) is 4.70. The first kappa shape index (κ1) is 36.0. The third-order valence-corrected chi connectivity index (χ3v) is 9.32.